The van der Waals surface area contributed by atoms with Crippen LogP contribution in [0.3, 0.4) is 0 Å². The van der Waals surface area contributed by atoms with Crippen molar-refractivity contribution in [1.82, 2.24) is 10.2 Å². The van der Waals surface area contributed by atoms with Gasteiger partial charge >= 0.3 is 0 Å². The van der Waals surface area contributed by atoms with Crippen LogP contribution in [0.4, 0.5) is 0 Å². The van der Waals surface area contributed by atoms with E-state index in [-0.39, 0.29) is 30.1 Å². The Kier molecular flexibility index (Phi) is 5.22. The van der Waals surface area contributed by atoms with Crippen molar-refractivity contribution in [3.63, 3.8) is 0 Å². The molecule has 1 heterocycles. The topological polar surface area (TPSA) is 75.4 Å². The number of amides is 2. The van der Waals surface area contributed by atoms with Gasteiger partial charge in [-0.3, -0.25) is 9.59 Å². The maximum atomic E-state index is 12.0. The highest BCUT2D eigenvalue weighted by Gasteiger charge is 2.41. The van der Waals surface area contributed by atoms with Gasteiger partial charge in [-0.2, -0.15) is 0 Å². The summed E-state index contributed by atoms with van der Waals surface area (Å²) in [6, 6.07) is 0. The van der Waals surface area contributed by atoms with Crippen molar-refractivity contribution >= 4 is 24.2 Å². The van der Waals surface area contributed by atoms with Crippen molar-refractivity contribution in [2.24, 2.45) is 11.7 Å². The first-order valence-electron chi connectivity index (χ1n) is 5.21. The van der Waals surface area contributed by atoms with E-state index in [9.17, 15) is 9.59 Å². The second-order valence-corrected chi connectivity index (χ2v) is 4.44. The molecule has 2 amide bonds. The quantitative estimate of drug-likeness (QED) is 0.708. The molecule has 1 saturated heterocycles. The summed E-state index contributed by atoms with van der Waals surface area (Å²) in [4.78, 5) is 25.2. The van der Waals surface area contributed by atoms with Crippen molar-refractivity contribution in [3.8, 4) is 0 Å². The molecule has 6 heteroatoms. The lowest BCUT2D eigenvalue weighted by atomic mass is 9.96. The molecular formula is C10H20ClN3O2. The monoisotopic (exact) mass is 249 g/mol. The minimum Gasteiger partial charge on any atom is -0.352 e. The molecule has 5 nitrogen and oxygen atoms in total. The molecule has 0 aromatic rings. The first kappa shape index (κ1) is 15.2. The lowest BCUT2D eigenvalue weighted by Gasteiger charge is -2.42. The van der Waals surface area contributed by atoms with Gasteiger partial charge in [-0.1, -0.05) is 6.92 Å². The molecule has 1 rings (SSSR count). The Morgan fingerprint density at radius 1 is 1.62 bits per heavy atom. The minimum atomic E-state index is -0.765. The predicted molar refractivity (Wildman–Crippen MR) is 64.3 cm³/mol. The van der Waals surface area contributed by atoms with E-state index < -0.39 is 5.54 Å². The number of nitrogens with one attached hydrogen (secondary N) is 1. The third-order valence-corrected chi connectivity index (χ3v) is 2.89. The van der Waals surface area contributed by atoms with Crippen LogP contribution in [-0.2, 0) is 9.59 Å². The molecule has 0 aromatic carbocycles. The zero-order valence-electron chi connectivity index (χ0n) is 9.95. The summed E-state index contributed by atoms with van der Waals surface area (Å²) < 4.78 is 0. The van der Waals surface area contributed by atoms with Crippen molar-refractivity contribution in [3.05, 3.63) is 0 Å². The van der Waals surface area contributed by atoms with Gasteiger partial charge in [0.2, 0.25) is 11.8 Å². The maximum Gasteiger partial charge on any atom is 0.245 e. The Morgan fingerprint density at radius 3 is 2.69 bits per heavy atom. The molecule has 0 radical (unpaired) electrons. The number of nitrogens with zero attached hydrogens (tertiary/aromatic N) is 1. The summed E-state index contributed by atoms with van der Waals surface area (Å²) in [6.07, 6.45) is 0. The van der Waals surface area contributed by atoms with Crippen LogP contribution in [0.2, 0.25) is 0 Å². The van der Waals surface area contributed by atoms with E-state index in [0.29, 0.717) is 19.6 Å². The van der Waals surface area contributed by atoms with E-state index in [2.05, 4.69) is 5.32 Å². The Labute approximate surface area is 102 Å². The number of halogens is 1. The number of hydrogen-bond donors (Lipinski definition) is 2. The van der Waals surface area contributed by atoms with Crippen LogP contribution in [0.5, 0.6) is 0 Å². The molecule has 1 atom stereocenters. The first-order chi connectivity index (χ1) is 6.91. The van der Waals surface area contributed by atoms with Crippen molar-refractivity contribution in [1.29, 1.82) is 0 Å². The van der Waals surface area contributed by atoms with E-state index >= 15 is 0 Å². The van der Waals surface area contributed by atoms with Crippen LogP contribution in [0, 0.1) is 5.92 Å². The molecule has 94 valence electrons. The third-order valence-electron chi connectivity index (χ3n) is 2.89. The Balaban J connectivity index is 0.00000225. The zero-order chi connectivity index (χ0) is 11.6. The summed E-state index contributed by atoms with van der Waals surface area (Å²) in [7, 11) is 0. The number of rotatable bonds is 2. The molecule has 0 aliphatic carbocycles. The molecular weight excluding hydrogens is 230 g/mol. The van der Waals surface area contributed by atoms with Gasteiger partial charge in [-0.15, -0.1) is 12.4 Å². The molecule has 1 aliphatic heterocycles. The van der Waals surface area contributed by atoms with E-state index in [1.807, 2.05) is 0 Å². The van der Waals surface area contributed by atoms with Gasteiger partial charge in [0.15, 0.2) is 0 Å². The number of carbonyl (C=O) groups excluding carboxylic acids is 2. The molecule has 3 N–H and O–H groups in total. The van der Waals surface area contributed by atoms with E-state index in [4.69, 9.17) is 5.73 Å². The number of carbonyl (C=O) groups is 2. The Morgan fingerprint density at radius 2 is 2.19 bits per heavy atom. The fourth-order valence-corrected chi connectivity index (χ4v) is 1.65. The molecule has 0 aromatic heterocycles. The summed E-state index contributed by atoms with van der Waals surface area (Å²) >= 11 is 0. The molecule has 16 heavy (non-hydrogen) atoms. The second kappa shape index (κ2) is 5.50. The zero-order valence-corrected chi connectivity index (χ0v) is 10.8. The normalized spacial score (nSPS) is 20.8. The summed E-state index contributed by atoms with van der Waals surface area (Å²) in [5, 5.41) is 2.75. The first-order valence-corrected chi connectivity index (χ1v) is 5.21. The van der Waals surface area contributed by atoms with Gasteiger partial charge in [-0.25, -0.2) is 0 Å². The van der Waals surface area contributed by atoms with E-state index in [1.54, 1.807) is 25.7 Å². The SMILES string of the molecule is CC(CN)C(=O)N1CCNC(=O)C1(C)C.Cl. The van der Waals surface area contributed by atoms with E-state index in [0.717, 1.165) is 0 Å². The molecule has 0 saturated carbocycles. The standard InChI is InChI=1S/C10H19N3O2.ClH/c1-7(6-11)8(14)13-5-4-12-9(15)10(13,2)3;/h7H,4-6,11H2,1-3H3,(H,12,15);1H. The van der Waals surface area contributed by atoms with Gasteiger partial charge in [0, 0.05) is 25.6 Å². The van der Waals surface area contributed by atoms with Crippen LogP contribution in [-0.4, -0.2) is 41.9 Å². The smallest absolute Gasteiger partial charge is 0.245 e. The molecule has 0 bridgehead atoms. The van der Waals surface area contributed by atoms with Crippen LogP contribution in [0.1, 0.15) is 20.8 Å². The Hall–Kier alpha value is -0.810. The van der Waals surface area contributed by atoms with Crippen LogP contribution >= 0.6 is 12.4 Å². The molecule has 1 aliphatic rings. The predicted octanol–water partition coefficient (Wildman–Crippen LogP) is -0.260. The van der Waals surface area contributed by atoms with Gasteiger partial charge in [0.05, 0.1) is 0 Å². The minimum absolute atomic E-state index is 0. The fourth-order valence-electron chi connectivity index (χ4n) is 1.65. The summed E-state index contributed by atoms with van der Waals surface area (Å²) in [5.41, 5.74) is 4.69. The van der Waals surface area contributed by atoms with Crippen LogP contribution in [0.25, 0.3) is 0 Å². The highest BCUT2D eigenvalue weighted by Crippen LogP contribution is 2.19. The summed E-state index contributed by atoms with van der Waals surface area (Å²) in [5.74, 6) is -0.376. The molecule has 1 fully saturated rings. The maximum absolute atomic E-state index is 12.0. The number of nitrogens with two attached hydrogens (primary N) is 1. The number of piperazine rings is 1. The van der Waals surface area contributed by atoms with Crippen molar-refractivity contribution < 1.29 is 9.59 Å². The third kappa shape index (κ3) is 2.65. The van der Waals surface area contributed by atoms with Gasteiger partial charge in [0.1, 0.15) is 5.54 Å². The van der Waals surface area contributed by atoms with Gasteiger partial charge in [0.25, 0.3) is 0 Å². The average Bonchev–Trinajstić information content (AvgIpc) is 2.20. The van der Waals surface area contributed by atoms with Crippen LogP contribution < -0.4 is 11.1 Å². The highest BCUT2D eigenvalue weighted by molar-refractivity contribution is 5.92. The lowest BCUT2D eigenvalue weighted by molar-refractivity contribution is -0.151. The number of hydrogen-bond acceptors (Lipinski definition) is 3. The molecule has 0 spiro atoms. The Bertz CT molecular complexity index is 281. The fraction of sp³-hybridized carbons (Fsp3) is 0.800. The average molecular weight is 250 g/mol. The lowest BCUT2D eigenvalue weighted by Crippen LogP contribution is -2.64. The summed E-state index contributed by atoms with van der Waals surface area (Å²) in [6.45, 7) is 6.68. The van der Waals surface area contributed by atoms with E-state index in [1.165, 1.54) is 0 Å². The van der Waals surface area contributed by atoms with Gasteiger partial charge < -0.3 is 16.0 Å². The van der Waals surface area contributed by atoms with Crippen molar-refractivity contribution in [2.45, 2.75) is 26.3 Å². The van der Waals surface area contributed by atoms with Crippen LogP contribution in [0.15, 0.2) is 0 Å². The second-order valence-electron chi connectivity index (χ2n) is 4.44. The largest absolute Gasteiger partial charge is 0.352 e. The highest BCUT2D eigenvalue weighted by atomic mass is 35.5. The molecule has 1 unspecified atom stereocenters. The van der Waals surface area contributed by atoms with Gasteiger partial charge in [-0.05, 0) is 13.8 Å². The van der Waals surface area contributed by atoms with Crippen molar-refractivity contribution in [2.75, 3.05) is 19.6 Å².